The second-order valence-electron chi connectivity index (χ2n) is 4.06. The van der Waals surface area contributed by atoms with Crippen LogP contribution in [0.25, 0.3) is 0 Å². The Bertz CT molecular complexity index is 671. The van der Waals surface area contributed by atoms with E-state index in [9.17, 15) is 14.9 Å². The van der Waals surface area contributed by atoms with Crippen LogP contribution in [0.4, 0.5) is 11.4 Å². The lowest BCUT2D eigenvalue weighted by molar-refractivity contribution is -0.384. The zero-order valence-electron chi connectivity index (χ0n) is 10.5. The van der Waals surface area contributed by atoms with Gasteiger partial charge in [-0.25, -0.2) is 0 Å². The van der Waals surface area contributed by atoms with E-state index < -0.39 is 10.8 Å². The fraction of sp³-hybridized carbons (Fsp3) is 0.0769. The Kier molecular flexibility index (Phi) is 3.95. The molecule has 1 aromatic heterocycles. The Balaban J connectivity index is 2.21. The number of aryl methyl sites for hydroxylation is 1. The Morgan fingerprint density at radius 3 is 2.65 bits per heavy atom. The van der Waals surface area contributed by atoms with Gasteiger partial charge < -0.3 is 5.32 Å². The van der Waals surface area contributed by atoms with E-state index in [4.69, 9.17) is 11.6 Å². The Morgan fingerprint density at radius 2 is 2.10 bits per heavy atom. The summed E-state index contributed by atoms with van der Waals surface area (Å²) in [6.45, 7) is 1.83. The average molecular weight is 292 g/mol. The highest BCUT2D eigenvalue weighted by atomic mass is 35.5. The van der Waals surface area contributed by atoms with Crippen molar-refractivity contribution in [3.05, 3.63) is 62.9 Å². The van der Waals surface area contributed by atoms with Gasteiger partial charge in [-0.2, -0.15) is 0 Å². The van der Waals surface area contributed by atoms with Crippen LogP contribution in [0.15, 0.2) is 36.5 Å². The summed E-state index contributed by atoms with van der Waals surface area (Å²) in [6, 6.07) is 7.15. The molecule has 0 unspecified atom stereocenters. The number of anilines is 1. The first-order chi connectivity index (χ1) is 9.47. The highest BCUT2D eigenvalue weighted by Crippen LogP contribution is 2.23. The third kappa shape index (κ3) is 3.10. The van der Waals surface area contributed by atoms with Gasteiger partial charge in [0.25, 0.3) is 11.6 Å². The summed E-state index contributed by atoms with van der Waals surface area (Å²) < 4.78 is 0. The molecule has 0 aliphatic carbocycles. The van der Waals surface area contributed by atoms with Crippen molar-refractivity contribution in [3.8, 4) is 0 Å². The highest BCUT2D eigenvalue weighted by Gasteiger charge is 2.15. The van der Waals surface area contributed by atoms with E-state index in [0.717, 1.165) is 11.8 Å². The Hall–Kier alpha value is -2.47. The molecule has 1 amide bonds. The average Bonchev–Trinajstić information content (AvgIpc) is 2.41. The minimum atomic E-state index is -0.572. The van der Waals surface area contributed by atoms with Gasteiger partial charge in [0.2, 0.25) is 0 Å². The molecule has 1 N–H and O–H groups in total. The number of benzene rings is 1. The first-order valence-corrected chi connectivity index (χ1v) is 6.03. The van der Waals surface area contributed by atoms with Crippen LogP contribution in [0.5, 0.6) is 0 Å². The van der Waals surface area contributed by atoms with Crippen LogP contribution in [0, 0.1) is 17.0 Å². The van der Waals surface area contributed by atoms with Gasteiger partial charge in [0.05, 0.1) is 27.4 Å². The topological polar surface area (TPSA) is 85.1 Å². The molecular formula is C13H10ClN3O3. The number of amides is 1. The van der Waals surface area contributed by atoms with Crippen LogP contribution >= 0.6 is 11.6 Å². The molecule has 1 aromatic carbocycles. The predicted molar refractivity (Wildman–Crippen MR) is 75.0 cm³/mol. The molecule has 1 heterocycles. The fourth-order valence-corrected chi connectivity index (χ4v) is 1.80. The normalized spacial score (nSPS) is 10.1. The fourth-order valence-electron chi connectivity index (χ4n) is 1.54. The summed E-state index contributed by atoms with van der Waals surface area (Å²) >= 11 is 5.88. The standard InChI is InChI=1S/C13H10ClN3O3/c1-8-2-3-9(7-15-8)16-13(18)11-5-4-10(17(19)20)6-12(11)14/h2-7H,1H3,(H,16,18). The van der Waals surface area contributed by atoms with Gasteiger partial charge in [-0.1, -0.05) is 11.6 Å². The third-order valence-electron chi connectivity index (χ3n) is 2.58. The van der Waals surface area contributed by atoms with Crippen LogP contribution in [-0.2, 0) is 0 Å². The maximum absolute atomic E-state index is 12.0. The zero-order valence-corrected chi connectivity index (χ0v) is 11.2. The van der Waals surface area contributed by atoms with Crippen molar-refractivity contribution in [1.29, 1.82) is 0 Å². The maximum atomic E-state index is 12.0. The van der Waals surface area contributed by atoms with E-state index in [-0.39, 0.29) is 16.3 Å². The van der Waals surface area contributed by atoms with E-state index in [2.05, 4.69) is 10.3 Å². The molecule has 102 valence electrons. The molecule has 0 atom stereocenters. The molecule has 0 saturated heterocycles. The summed E-state index contributed by atoms with van der Waals surface area (Å²) in [7, 11) is 0. The summed E-state index contributed by atoms with van der Waals surface area (Å²) in [4.78, 5) is 26.1. The number of halogens is 1. The second-order valence-corrected chi connectivity index (χ2v) is 4.47. The van der Waals surface area contributed by atoms with Gasteiger partial charge in [-0.05, 0) is 25.1 Å². The monoisotopic (exact) mass is 291 g/mol. The van der Waals surface area contributed by atoms with E-state index in [1.807, 2.05) is 6.92 Å². The van der Waals surface area contributed by atoms with Gasteiger partial charge in [0, 0.05) is 17.8 Å². The van der Waals surface area contributed by atoms with E-state index >= 15 is 0 Å². The van der Waals surface area contributed by atoms with Crippen molar-refractivity contribution in [3.63, 3.8) is 0 Å². The minimum Gasteiger partial charge on any atom is -0.321 e. The third-order valence-corrected chi connectivity index (χ3v) is 2.89. The SMILES string of the molecule is Cc1ccc(NC(=O)c2ccc([N+](=O)[O-])cc2Cl)cn1. The summed E-state index contributed by atoms with van der Waals surface area (Å²) in [5, 5.41) is 13.2. The number of hydrogen-bond donors (Lipinski definition) is 1. The van der Waals surface area contributed by atoms with Gasteiger partial charge in [0.15, 0.2) is 0 Å². The number of rotatable bonds is 3. The number of pyridine rings is 1. The summed E-state index contributed by atoms with van der Waals surface area (Å²) in [5.41, 5.74) is 1.35. The number of nitro benzene ring substituents is 1. The first-order valence-electron chi connectivity index (χ1n) is 5.65. The number of nitrogens with one attached hydrogen (secondary N) is 1. The second kappa shape index (κ2) is 5.66. The number of nitrogens with zero attached hydrogens (tertiary/aromatic N) is 2. The van der Waals surface area contributed by atoms with Crippen LogP contribution < -0.4 is 5.32 Å². The van der Waals surface area contributed by atoms with Crippen LogP contribution in [0.1, 0.15) is 16.1 Å². The Morgan fingerprint density at radius 1 is 1.35 bits per heavy atom. The molecule has 2 rings (SSSR count). The highest BCUT2D eigenvalue weighted by molar-refractivity contribution is 6.34. The quantitative estimate of drug-likeness (QED) is 0.695. The molecule has 0 saturated carbocycles. The summed E-state index contributed by atoms with van der Waals surface area (Å²) in [6.07, 6.45) is 1.52. The van der Waals surface area contributed by atoms with E-state index in [0.29, 0.717) is 5.69 Å². The van der Waals surface area contributed by atoms with Gasteiger partial charge in [-0.15, -0.1) is 0 Å². The lowest BCUT2D eigenvalue weighted by atomic mass is 10.2. The van der Waals surface area contributed by atoms with Crippen molar-refractivity contribution in [2.24, 2.45) is 0 Å². The molecule has 0 bridgehead atoms. The van der Waals surface area contributed by atoms with Gasteiger partial charge >= 0.3 is 0 Å². The van der Waals surface area contributed by atoms with Crippen LogP contribution in [0.2, 0.25) is 5.02 Å². The van der Waals surface area contributed by atoms with Crippen molar-refractivity contribution in [2.75, 3.05) is 5.32 Å². The van der Waals surface area contributed by atoms with Gasteiger partial charge in [-0.3, -0.25) is 19.9 Å². The molecule has 0 radical (unpaired) electrons. The number of aromatic nitrogens is 1. The largest absolute Gasteiger partial charge is 0.321 e. The van der Waals surface area contributed by atoms with Crippen molar-refractivity contribution < 1.29 is 9.72 Å². The molecule has 20 heavy (non-hydrogen) atoms. The molecule has 6 nitrogen and oxygen atoms in total. The predicted octanol–water partition coefficient (Wildman–Crippen LogP) is 3.20. The Labute approximate surface area is 119 Å². The summed E-state index contributed by atoms with van der Waals surface area (Å²) in [5.74, 6) is -0.449. The number of nitro groups is 1. The van der Waals surface area contributed by atoms with E-state index in [1.165, 1.54) is 18.3 Å². The van der Waals surface area contributed by atoms with Gasteiger partial charge in [0.1, 0.15) is 0 Å². The first kappa shape index (κ1) is 14.0. The lowest BCUT2D eigenvalue weighted by Gasteiger charge is -2.06. The number of hydrogen-bond acceptors (Lipinski definition) is 4. The molecule has 0 aliphatic heterocycles. The van der Waals surface area contributed by atoms with Crippen molar-refractivity contribution >= 4 is 28.9 Å². The van der Waals surface area contributed by atoms with Crippen molar-refractivity contribution in [2.45, 2.75) is 6.92 Å². The molecular weight excluding hydrogens is 282 g/mol. The number of carbonyl (C=O) groups excluding carboxylic acids is 1. The zero-order chi connectivity index (χ0) is 14.7. The number of non-ortho nitro benzene ring substituents is 1. The lowest BCUT2D eigenvalue weighted by Crippen LogP contribution is -2.12. The number of carbonyl (C=O) groups is 1. The van der Waals surface area contributed by atoms with Crippen LogP contribution in [0.3, 0.4) is 0 Å². The molecule has 0 spiro atoms. The molecule has 7 heteroatoms. The molecule has 2 aromatic rings. The van der Waals surface area contributed by atoms with Crippen LogP contribution in [-0.4, -0.2) is 15.8 Å². The van der Waals surface area contributed by atoms with E-state index in [1.54, 1.807) is 12.1 Å². The van der Waals surface area contributed by atoms with Crippen molar-refractivity contribution in [1.82, 2.24) is 4.98 Å². The smallest absolute Gasteiger partial charge is 0.270 e. The minimum absolute atomic E-state index is 0.0248. The maximum Gasteiger partial charge on any atom is 0.270 e. The molecule has 0 fully saturated rings. The molecule has 0 aliphatic rings.